The molecule has 0 aromatic heterocycles. The second-order valence-electron chi connectivity index (χ2n) is 8.11. The third-order valence-corrected chi connectivity index (χ3v) is 6.19. The highest BCUT2D eigenvalue weighted by Gasteiger charge is 2.38. The number of nitrogens with zero attached hydrogens (tertiary/aromatic N) is 2. The molecule has 4 heteroatoms. The van der Waals surface area contributed by atoms with E-state index in [0.29, 0.717) is 28.2 Å². The molecule has 1 heterocycles. The SMILES string of the molecule is Cc1c2c(c(O)c(C#N)c1-c1ccccc1)C(c1ccccc1)C(C#N)=C(c1ccccc1)O2. The van der Waals surface area contributed by atoms with Crippen molar-refractivity contribution in [3.63, 3.8) is 0 Å². The van der Waals surface area contributed by atoms with Crippen molar-refractivity contribution < 1.29 is 9.84 Å². The third-order valence-electron chi connectivity index (χ3n) is 6.19. The van der Waals surface area contributed by atoms with E-state index < -0.39 is 5.92 Å². The summed E-state index contributed by atoms with van der Waals surface area (Å²) in [5.41, 5.74) is 4.78. The van der Waals surface area contributed by atoms with Crippen LogP contribution in [0, 0.1) is 29.6 Å². The largest absolute Gasteiger partial charge is 0.506 e. The van der Waals surface area contributed by atoms with Crippen molar-refractivity contribution in [2.75, 3.05) is 0 Å². The number of fused-ring (bicyclic) bond motifs is 1. The van der Waals surface area contributed by atoms with Crippen LogP contribution in [-0.2, 0) is 0 Å². The first-order valence-electron chi connectivity index (χ1n) is 10.9. The average molecular weight is 441 g/mol. The van der Waals surface area contributed by atoms with Gasteiger partial charge in [-0.2, -0.15) is 10.5 Å². The van der Waals surface area contributed by atoms with Crippen molar-refractivity contribution in [3.8, 4) is 34.8 Å². The number of phenols is 1. The molecule has 1 aliphatic heterocycles. The fourth-order valence-corrected chi connectivity index (χ4v) is 4.67. The number of phenolic OH excluding ortho intramolecular Hbond substituents is 1. The number of aromatic hydroxyl groups is 1. The Bertz CT molecular complexity index is 1490. The second kappa shape index (κ2) is 8.62. The Morgan fingerprint density at radius 1 is 0.765 bits per heavy atom. The van der Waals surface area contributed by atoms with Crippen LogP contribution in [0.1, 0.15) is 33.7 Å². The summed E-state index contributed by atoms with van der Waals surface area (Å²) >= 11 is 0. The van der Waals surface area contributed by atoms with Gasteiger partial charge in [0.2, 0.25) is 0 Å². The summed E-state index contributed by atoms with van der Waals surface area (Å²) in [6.45, 7) is 1.89. The molecule has 1 aliphatic rings. The van der Waals surface area contributed by atoms with Gasteiger partial charge < -0.3 is 9.84 Å². The second-order valence-corrected chi connectivity index (χ2v) is 8.11. The van der Waals surface area contributed by atoms with E-state index in [1.807, 2.05) is 97.9 Å². The number of hydrogen-bond acceptors (Lipinski definition) is 4. The third kappa shape index (κ3) is 3.30. The van der Waals surface area contributed by atoms with Crippen LogP contribution in [-0.4, -0.2) is 5.11 Å². The Kier molecular flexibility index (Phi) is 5.34. The zero-order valence-electron chi connectivity index (χ0n) is 18.5. The predicted molar refractivity (Wildman–Crippen MR) is 131 cm³/mol. The standard InChI is InChI=1S/C30H20N2O2/c1-19-25(20-11-5-2-6-12-20)23(17-31)28(33)27-26(21-13-7-3-8-14-21)24(18-32)30(34-29(19)27)22-15-9-4-10-16-22/h2-16,26,33H,1H3. The Morgan fingerprint density at radius 2 is 1.32 bits per heavy atom. The van der Waals surface area contributed by atoms with E-state index in [2.05, 4.69) is 12.1 Å². The number of nitriles is 2. The van der Waals surface area contributed by atoms with Crippen LogP contribution in [0.2, 0.25) is 0 Å². The van der Waals surface area contributed by atoms with Gasteiger partial charge in [-0.25, -0.2) is 0 Å². The van der Waals surface area contributed by atoms with Crippen molar-refractivity contribution >= 4 is 5.76 Å². The number of rotatable bonds is 3. The smallest absolute Gasteiger partial charge is 0.149 e. The fraction of sp³-hybridized carbons (Fsp3) is 0.0667. The number of benzene rings is 4. The van der Waals surface area contributed by atoms with Gasteiger partial charge in [-0.1, -0.05) is 91.0 Å². The van der Waals surface area contributed by atoms with Crippen LogP contribution in [0.25, 0.3) is 16.9 Å². The van der Waals surface area contributed by atoms with Crippen LogP contribution < -0.4 is 4.74 Å². The lowest BCUT2D eigenvalue weighted by Crippen LogP contribution is -2.18. The highest BCUT2D eigenvalue weighted by atomic mass is 16.5. The van der Waals surface area contributed by atoms with Gasteiger partial charge in [-0.3, -0.25) is 0 Å². The monoisotopic (exact) mass is 440 g/mol. The summed E-state index contributed by atoms with van der Waals surface area (Å²) in [6, 6.07) is 33.1. The molecule has 4 aromatic carbocycles. The summed E-state index contributed by atoms with van der Waals surface area (Å²) in [5.74, 6) is 0.189. The summed E-state index contributed by atoms with van der Waals surface area (Å²) in [6.07, 6.45) is 0. The maximum absolute atomic E-state index is 11.5. The molecule has 1 atom stereocenters. The normalized spacial score (nSPS) is 14.5. The minimum absolute atomic E-state index is 0.157. The van der Waals surface area contributed by atoms with Gasteiger partial charge >= 0.3 is 0 Å². The summed E-state index contributed by atoms with van der Waals surface area (Å²) in [4.78, 5) is 0. The van der Waals surface area contributed by atoms with E-state index in [1.165, 1.54) is 0 Å². The van der Waals surface area contributed by atoms with Gasteiger partial charge in [0, 0.05) is 16.7 Å². The molecule has 0 radical (unpaired) electrons. The van der Waals surface area contributed by atoms with Crippen LogP contribution in [0.3, 0.4) is 0 Å². The molecule has 0 fully saturated rings. The van der Waals surface area contributed by atoms with Gasteiger partial charge in [0.1, 0.15) is 28.9 Å². The molecule has 0 amide bonds. The van der Waals surface area contributed by atoms with Crippen molar-refractivity contribution in [1.29, 1.82) is 10.5 Å². The first-order chi connectivity index (χ1) is 16.7. The molecule has 4 aromatic rings. The van der Waals surface area contributed by atoms with Crippen LogP contribution in [0.15, 0.2) is 96.6 Å². The first-order valence-corrected chi connectivity index (χ1v) is 10.9. The average Bonchev–Trinajstić information content (AvgIpc) is 2.90. The number of allylic oxidation sites excluding steroid dienone is 1. The highest BCUT2D eigenvalue weighted by molar-refractivity contribution is 5.86. The Morgan fingerprint density at radius 3 is 1.88 bits per heavy atom. The molecule has 1 N–H and O–H groups in total. The van der Waals surface area contributed by atoms with Gasteiger partial charge in [0.25, 0.3) is 0 Å². The molecule has 1 unspecified atom stereocenters. The van der Waals surface area contributed by atoms with Crippen molar-refractivity contribution in [1.82, 2.24) is 0 Å². The van der Waals surface area contributed by atoms with E-state index in [9.17, 15) is 15.6 Å². The van der Waals surface area contributed by atoms with Gasteiger partial charge in [-0.05, 0) is 18.1 Å². The molecule has 0 saturated carbocycles. The van der Waals surface area contributed by atoms with Crippen LogP contribution >= 0.6 is 0 Å². The maximum Gasteiger partial charge on any atom is 0.149 e. The summed E-state index contributed by atoms with van der Waals surface area (Å²) in [5, 5.41) is 31.8. The minimum atomic E-state index is -0.583. The Balaban J connectivity index is 1.88. The molecule has 0 aliphatic carbocycles. The molecule has 0 saturated heterocycles. The summed E-state index contributed by atoms with van der Waals surface area (Å²) < 4.78 is 6.43. The lowest BCUT2D eigenvalue weighted by atomic mass is 9.78. The van der Waals surface area contributed by atoms with Gasteiger partial charge in [-0.15, -0.1) is 0 Å². The van der Waals surface area contributed by atoms with Crippen molar-refractivity contribution in [2.24, 2.45) is 0 Å². The zero-order valence-corrected chi connectivity index (χ0v) is 18.5. The molecular weight excluding hydrogens is 420 g/mol. The van der Waals surface area contributed by atoms with E-state index in [4.69, 9.17) is 4.74 Å². The molecule has 34 heavy (non-hydrogen) atoms. The van der Waals surface area contributed by atoms with Gasteiger partial charge in [0.05, 0.1) is 23.1 Å². The van der Waals surface area contributed by atoms with E-state index in [0.717, 1.165) is 22.3 Å². The lowest BCUT2D eigenvalue weighted by molar-refractivity contribution is 0.439. The first kappa shape index (κ1) is 21.1. The van der Waals surface area contributed by atoms with Crippen molar-refractivity contribution in [2.45, 2.75) is 12.8 Å². The molecule has 162 valence electrons. The minimum Gasteiger partial charge on any atom is -0.506 e. The topological polar surface area (TPSA) is 77.0 Å². The Hall–Kier alpha value is -4.80. The predicted octanol–water partition coefficient (Wildman–Crippen LogP) is 6.70. The zero-order chi connectivity index (χ0) is 23.7. The number of ether oxygens (including phenoxy) is 1. The van der Waals surface area contributed by atoms with Crippen LogP contribution in [0.4, 0.5) is 0 Å². The molecule has 0 bridgehead atoms. The maximum atomic E-state index is 11.5. The fourth-order valence-electron chi connectivity index (χ4n) is 4.67. The van der Waals surface area contributed by atoms with Crippen LogP contribution in [0.5, 0.6) is 11.5 Å². The van der Waals surface area contributed by atoms with E-state index in [-0.39, 0.29) is 11.3 Å². The molecule has 0 spiro atoms. The quantitative estimate of drug-likeness (QED) is 0.385. The summed E-state index contributed by atoms with van der Waals surface area (Å²) in [7, 11) is 0. The Labute approximate surface area is 198 Å². The molecule has 5 rings (SSSR count). The molecular formula is C30H20N2O2. The highest BCUT2D eigenvalue weighted by Crippen LogP contribution is 2.54. The van der Waals surface area contributed by atoms with Gasteiger partial charge in [0.15, 0.2) is 0 Å². The van der Waals surface area contributed by atoms with E-state index in [1.54, 1.807) is 0 Å². The van der Waals surface area contributed by atoms with Crippen molar-refractivity contribution in [3.05, 3.63) is 124 Å². The molecule has 4 nitrogen and oxygen atoms in total. The van der Waals surface area contributed by atoms with E-state index >= 15 is 0 Å². The number of hydrogen-bond donors (Lipinski definition) is 1. The lowest BCUT2D eigenvalue weighted by Gasteiger charge is -2.31.